The van der Waals surface area contributed by atoms with Gasteiger partial charge in [-0.3, -0.25) is 0 Å². The first kappa shape index (κ1) is 12.6. The van der Waals surface area contributed by atoms with Crippen molar-refractivity contribution in [1.82, 2.24) is 10.2 Å². The van der Waals surface area contributed by atoms with Crippen molar-refractivity contribution in [3.05, 3.63) is 11.8 Å². The van der Waals surface area contributed by atoms with E-state index in [1.165, 1.54) is 0 Å². The summed E-state index contributed by atoms with van der Waals surface area (Å²) >= 11 is 0. The first-order valence-corrected chi connectivity index (χ1v) is 4.84. The SMILES string of the molecule is CCOC(=O)c1nnc(COCCOC)o1. The second kappa shape index (κ2) is 6.91. The highest BCUT2D eigenvalue weighted by atomic mass is 16.6. The fourth-order valence-corrected chi connectivity index (χ4v) is 0.889. The van der Waals surface area contributed by atoms with Gasteiger partial charge < -0.3 is 18.6 Å². The van der Waals surface area contributed by atoms with Gasteiger partial charge in [-0.2, -0.15) is 0 Å². The van der Waals surface area contributed by atoms with Crippen molar-refractivity contribution in [2.24, 2.45) is 0 Å². The Kier molecular flexibility index (Phi) is 5.44. The maximum atomic E-state index is 11.2. The molecule has 0 fully saturated rings. The van der Waals surface area contributed by atoms with Crippen LogP contribution in [0, 0.1) is 0 Å². The summed E-state index contributed by atoms with van der Waals surface area (Å²) in [6.45, 7) is 3.02. The molecule has 0 atom stereocenters. The molecule has 1 heterocycles. The van der Waals surface area contributed by atoms with Gasteiger partial charge >= 0.3 is 11.9 Å². The lowest BCUT2D eigenvalue weighted by Gasteiger charge is -1.98. The van der Waals surface area contributed by atoms with Crippen LogP contribution < -0.4 is 0 Å². The van der Waals surface area contributed by atoms with Crippen molar-refractivity contribution in [1.29, 1.82) is 0 Å². The quantitative estimate of drug-likeness (QED) is 0.495. The number of hydrogen-bond acceptors (Lipinski definition) is 7. The zero-order valence-corrected chi connectivity index (χ0v) is 9.26. The lowest BCUT2D eigenvalue weighted by Crippen LogP contribution is -2.04. The first-order valence-electron chi connectivity index (χ1n) is 4.84. The van der Waals surface area contributed by atoms with Crippen molar-refractivity contribution in [2.45, 2.75) is 13.5 Å². The van der Waals surface area contributed by atoms with Gasteiger partial charge in [0, 0.05) is 7.11 Å². The van der Waals surface area contributed by atoms with Gasteiger partial charge in [-0.25, -0.2) is 4.79 Å². The summed E-state index contributed by atoms with van der Waals surface area (Å²) < 4.78 is 19.6. The molecule has 0 unspecified atom stereocenters. The van der Waals surface area contributed by atoms with E-state index >= 15 is 0 Å². The number of carbonyl (C=O) groups is 1. The molecule has 0 N–H and O–H groups in total. The van der Waals surface area contributed by atoms with Crippen LogP contribution in [0.4, 0.5) is 0 Å². The first-order chi connectivity index (χ1) is 7.77. The Hall–Kier alpha value is -1.47. The Morgan fingerprint density at radius 2 is 2.19 bits per heavy atom. The third-order valence-corrected chi connectivity index (χ3v) is 1.57. The van der Waals surface area contributed by atoms with Crippen LogP contribution in [-0.2, 0) is 20.8 Å². The molecule has 0 aromatic carbocycles. The number of methoxy groups -OCH3 is 1. The van der Waals surface area contributed by atoms with Crippen LogP contribution in [0.5, 0.6) is 0 Å². The van der Waals surface area contributed by atoms with E-state index in [4.69, 9.17) is 13.9 Å². The molecule has 0 bridgehead atoms. The van der Waals surface area contributed by atoms with Crippen LogP contribution in [0.15, 0.2) is 4.42 Å². The molecule has 1 rings (SSSR count). The maximum Gasteiger partial charge on any atom is 0.396 e. The van der Waals surface area contributed by atoms with Gasteiger partial charge in [-0.15, -0.1) is 10.2 Å². The second-order valence-electron chi connectivity index (χ2n) is 2.77. The van der Waals surface area contributed by atoms with Crippen LogP contribution in [0.25, 0.3) is 0 Å². The van der Waals surface area contributed by atoms with Crippen LogP contribution in [-0.4, -0.2) is 43.1 Å². The fourth-order valence-electron chi connectivity index (χ4n) is 0.889. The lowest BCUT2D eigenvalue weighted by atomic mass is 10.6. The maximum absolute atomic E-state index is 11.2. The third kappa shape index (κ3) is 3.95. The monoisotopic (exact) mass is 230 g/mol. The van der Waals surface area contributed by atoms with Crippen molar-refractivity contribution in [3.8, 4) is 0 Å². The molecule has 1 aromatic heterocycles. The summed E-state index contributed by atoms with van der Waals surface area (Å²) in [7, 11) is 1.58. The Morgan fingerprint density at radius 1 is 1.38 bits per heavy atom. The lowest BCUT2D eigenvalue weighted by molar-refractivity contribution is 0.0434. The Morgan fingerprint density at radius 3 is 2.88 bits per heavy atom. The Labute approximate surface area is 92.7 Å². The molecule has 0 saturated carbocycles. The average Bonchev–Trinajstić information content (AvgIpc) is 2.73. The van der Waals surface area contributed by atoms with Crippen molar-refractivity contribution in [3.63, 3.8) is 0 Å². The summed E-state index contributed by atoms with van der Waals surface area (Å²) in [5, 5.41) is 7.17. The highest BCUT2D eigenvalue weighted by molar-refractivity contribution is 5.83. The highest BCUT2D eigenvalue weighted by Crippen LogP contribution is 2.03. The topological polar surface area (TPSA) is 83.7 Å². The van der Waals surface area contributed by atoms with Crippen LogP contribution >= 0.6 is 0 Å². The van der Waals surface area contributed by atoms with E-state index in [2.05, 4.69) is 14.9 Å². The van der Waals surface area contributed by atoms with Crippen molar-refractivity contribution >= 4 is 5.97 Å². The molecule has 16 heavy (non-hydrogen) atoms. The summed E-state index contributed by atoms with van der Waals surface area (Å²) in [6, 6.07) is 0. The molecule has 0 aliphatic heterocycles. The van der Waals surface area contributed by atoms with Crippen LogP contribution in [0.2, 0.25) is 0 Å². The normalized spacial score (nSPS) is 10.4. The number of rotatable bonds is 7. The molecule has 0 spiro atoms. The van der Waals surface area contributed by atoms with E-state index in [0.717, 1.165) is 0 Å². The smallest absolute Gasteiger partial charge is 0.396 e. The van der Waals surface area contributed by atoms with E-state index in [1.807, 2.05) is 0 Å². The van der Waals surface area contributed by atoms with Crippen molar-refractivity contribution in [2.75, 3.05) is 26.9 Å². The summed E-state index contributed by atoms with van der Waals surface area (Å²) in [4.78, 5) is 11.2. The molecule has 7 heteroatoms. The molecule has 0 aliphatic rings. The van der Waals surface area contributed by atoms with E-state index in [9.17, 15) is 4.79 Å². The summed E-state index contributed by atoms with van der Waals surface area (Å²) in [6.07, 6.45) is 0. The zero-order chi connectivity index (χ0) is 11.8. The molecule has 0 aliphatic carbocycles. The molecule has 1 aromatic rings. The standard InChI is InChI=1S/C9H14N2O5/c1-3-15-9(12)8-11-10-7(16-8)6-14-5-4-13-2/h3-6H2,1-2H3. The number of nitrogens with zero attached hydrogens (tertiary/aromatic N) is 2. The second-order valence-corrected chi connectivity index (χ2v) is 2.77. The van der Waals surface area contributed by atoms with Gasteiger partial charge in [0.1, 0.15) is 6.61 Å². The summed E-state index contributed by atoms with van der Waals surface area (Å²) in [5.74, 6) is -0.551. The molecular weight excluding hydrogens is 216 g/mol. The predicted molar refractivity (Wildman–Crippen MR) is 51.8 cm³/mol. The number of carbonyl (C=O) groups excluding carboxylic acids is 1. The average molecular weight is 230 g/mol. The molecular formula is C9H14N2O5. The van der Waals surface area contributed by atoms with Crippen LogP contribution in [0.3, 0.4) is 0 Å². The minimum Gasteiger partial charge on any atom is -0.459 e. The van der Waals surface area contributed by atoms with Crippen molar-refractivity contribution < 1.29 is 23.4 Å². The zero-order valence-electron chi connectivity index (χ0n) is 9.26. The van der Waals surface area contributed by atoms with E-state index in [1.54, 1.807) is 14.0 Å². The number of hydrogen-bond donors (Lipinski definition) is 0. The van der Waals surface area contributed by atoms with E-state index < -0.39 is 5.97 Å². The molecule has 7 nitrogen and oxygen atoms in total. The van der Waals surface area contributed by atoms with Gasteiger partial charge in [0.05, 0.1) is 19.8 Å². The number of aromatic nitrogens is 2. The van der Waals surface area contributed by atoms with Gasteiger partial charge in [-0.05, 0) is 6.92 Å². The highest BCUT2D eigenvalue weighted by Gasteiger charge is 2.15. The molecule has 0 saturated heterocycles. The third-order valence-electron chi connectivity index (χ3n) is 1.57. The predicted octanol–water partition coefficient (Wildman–Crippen LogP) is 0.409. The number of esters is 1. The largest absolute Gasteiger partial charge is 0.459 e. The number of ether oxygens (including phenoxy) is 3. The molecule has 0 amide bonds. The van der Waals surface area contributed by atoms with Gasteiger partial charge in [0.15, 0.2) is 0 Å². The van der Waals surface area contributed by atoms with Gasteiger partial charge in [-0.1, -0.05) is 0 Å². The minimum absolute atomic E-state index is 0.149. The molecule has 0 radical (unpaired) electrons. The Balaban J connectivity index is 2.36. The minimum atomic E-state index is -0.627. The Bertz CT molecular complexity index is 325. The van der Waals surface area contributed by atoms with Gasteiger partial charge in [0.25, 0.3) is 0 Å². The van der Waals surface area contributed by atoms with E-state index in [-0.39, 0.29) is 25.0 Å². The fraction of sp³-hybridized carbons (Fsp3) is 0.667. The van der Waals surface area contributed by atoms with Gasteiger partial charge in [0.2, 0.25) is 5.89 Å². The molecule has 90 valence electrons. The summed E-state index contributed by atoms with van der Waals surface area (Å²) in [5.41, 5.74) is 0. The van der Waals surface area contributed by atoms with E-state index in [0.29, 0.717) is 13.2 Å². The van der Waals surface area contributed by atoms with Crippen LogP contribution in [0.1, 0.15) is 23.5 Å².